The van der Waals surface area contributed by atoms with Gasteiger partial charge in [0, 0.05) is 26.0 Å². The highest BCUT2D eigenvalue weighted by Crippen LogP contribution is 2.31. The summed E-state index contributed by atoms with van der Waals surface area (Å²) in [7, 11) is 1.96. The van der Waals surface area contributed by atoms with E-state index in [-0.39, 0.29) is 0 Å². The molecule has 0 radical (unpaired) electrons. The van der Waals surface area contributed by atoms with Gasteiger partial charge in [0.25, 0.3) is 0 Å². The fourth-order valence-electron chi connectivity index (χ4n) is 2.22. The van der Waals surface area contributed by atoms with Crippen molar-refractivity contribution in [3.8, 4) is 0 Å². The Kier molecular flexibility index (Phi) is 5.63. The van der Waals surface area contributed by atoms with E-state index in [1.807, 2.05) is 24.1 Å². The third kappa shape index (κ3) is 4.55. The van der Waals surface area contributed by atoms with Crippen LogP contribution in [0.25, 0.3) is 0 Å². The SMILES string of the molecule is CN(CCc1ccncc1)c1cnnc(Nc2c(Cl)cccc2Cl)n1. The summed E-state index contributed by atoms with van der Waals surface area (Å²) in [5.41, 5.74) is 1.77. The van der Waals surface area contributed by atoms with Crippen molar-refractivity contribution >= 4 is 40.7 Å². The van der Waals surface area contributed by atoms with Crippen LogP contribution in [0.15, 0.2) is 48.9 Å². The summed E-state index contributed by atoms with van der Waals surface area (Å²) >= 11 is 12.3. The van der Waals surface area contributed by atoms with E-state index in [0.29, 0.717) is 27.5 Å². The number of nitrogens with zero attached hydrogens (tertiary/aromatic N) is 5. The molecular formula is C17H16Cl2N6. The normalized spacial score (nSPS) is 10.5. The molecule has 6 nitrogen and oxygen atoms in total. The third-order valence-electron chi connectivity index (χ3n) is 3.62. The zero-order valence-corrected chi connectivity index (χ0v) is 15.0. The smallest absolute Gasteiger partial charge is 0.249 e. The molecule has 25 heavy (non-hydrogen) atoms. The molecule has 3 aromatic rings. The first kappa shape index (κ1) is 17.4. The fraction of sp³-hybridized carbons (Fsp3) is 0.176. The highest BCUT2D eigenvalue weighted by molar-refractivity contribution is 6.39. The Morgan fingerprint density at radius 2 is 1.80 bits per heavy atom. The Balaban J connectivity index is 1.70. The second-order valence-corrected chi connectivity index (χ2v) is 6.20. The molecule has 2 aromatic heterocycles. The molecule has 0 bridgehead atoms. The topological polar surface area (TPSA) is 66.8 Å². The number of para-hydroxylation sites is 1. The molecule has 0 aliphatic heterocycles. The first-order chi connectivity index (χ1) is 12.1. The molecule has 8 heteroatoms. The number of likely N-dealkylation sites (N-methyl/N-ethyl adjacent to an activating group) is 1. The van der Waals surface area contributed by atoms with Crippen LogP contribution in [0.1, 0.15) is 5.56 Å². The second kappa shape index (κ2) is 8.09. The van der Waals surface area contributed by atoms with Crippen LogP contribution in [0.5, 0.6) is 0 Å². The molecule has 0 saturated carbocycles. The fourth-order valence-corrected chi connectivity index (χ4v) is 2.71. The van der Waals surface area contributed by atoms with Crippen LogP contribution in [-0.2, 0) is 6.42 Å². The summed E-state index contributed by atoms with van der Waals surface area (Å²) in [5.74, 6) is 1.04. The highest BCUT2D eigenvalue weighted by Gasteiger charge is 2.10. The Bertz CT molecular complexity index is 823. The number of pyridine rings is 1. The molecule has 0 saturated heterocycles. The van der Waals surface area contributed by atoms with Gasteiger partial charge in [-0.3, -0.25) is 4.98 Å². The number of hydrogen-bond donors (Lipinski definition) is 1. The van der Waals surface area contributed by atoms with Gasteiger partial charge in [0.15, 0.2) is 5.82 Å². The third-order valence-corrected chi connectivity index (χ3v) is 4.25. The Hall–Kier alpha value is -2.44. The molecule has 0 unspecified atom stereocenters. The highest BCUT2D eigenvalue weighted by atomic mass is 35.5. The lowest BCUT2D eigenvalue weighted by Gasteiger charge is -2.18. The standard InChI is InChI=1S/C17H16Cl2N6/c1-25(10-7-12-5-8-20-9-6-12)15-11-21-24-17(22-15)23-16-13(18)3-2-4-14(16)19/h2-6,8-9,11H,7,10H2,1H3,(H,22,23,24). The molecule has 0 aliphatic rings. The summed E-state index contributed by atoms with van der Waals surface area (Å²) in [6.45, 7) is 0.787. The maximum absolute atomic E-state index is 6.16. The van der Waals surface area contributed by atoms with Gasteiger partial charge in [0.2, 0.25) is 5.95 Å². The van der Waals surface area contributed by atoms with E-state index >= 15 is 0 Å². The lowest BCUT2D eigenvalue weighted by molar-refractivity contribution is 0.840. The summed E-state index contributed by atoms with van der Waals surface area (Å²) in [5, 5.41) is 12.0. The van der Waals surface area contributed by atoms with Crippen molar-refractivity contribution < 1.29 is 0 Å². The van der Waals surface area contributed by atoms with E-state index in [1.54, 1.807) is 36.8 Å². The van der Waals surface area contributed by atoms with Gasteiger partial charge in [-0.25, -0.2) is 0 Å². The Morgan fingerprint density at radius 3 is 2.52 bits per heavy atom. The molecule has 3 rings (SSSR count). The average Bonchev–Trinajstić information content (AvgIpc) is 2.64. The Morgan fingerprint density at radius 1 is 1.08 bits per heavy atom. The van der Waals surface area contributed by atoms with Gasteiger partial charge in [-0.1, -0.05) is 29.3 Å². The predicted molar refractivity (Wildman–Crippen MR) is 101 cm³/mol. The van der Waals surface area contributed by atoms with Crippen LogP contribution in [0.4, 0.5) is 17.5 Å². The summed E-state index contributed by atoms with van der Waals surface area (Å²) in [4.78, 5) is 10.5. The minimum Gasteiger partial charge on any atom is -0.358 e. The van der Waals surface area contributed by atoms with E-state index in [9.17, 15) is 0 Å². The van der Waals surface area contributed by atoms with Crippen molar-refractivity contribution in [1.29, 1.82) is 0 Å². The molecule has 0 aliphatic carbocycles. The van der Waals surface area contributed by atoms with E-state index in [4.69, 9.17) is 23.2 Å². The van der Waals surface area contributed by atoms with E-state index in [2.05, 4.69) is 25.5 Å². The van der Waals surface area contributed by atoms with Gasteiger partial charge in [-0.2, -0.15) is 10.1 Å². The van der Waals surface area contributed by atoms with Crippen molar-refractivity contribution in [2.24, 2.45) is 0 Å². The summed E-state index contributed by atoms with van der Waals surface area (Å²) < 4.78 is 0. The molecule has 2 heterocycles. The quantitative estimate of drug-likeness (QED) is 0.703. The molecule has 0 amide bonds. The van der Waals surface area contributed by atoms with Crippen LogP contribution in [0, 0.1) is 0 Å². The minimum atomic E-state index is 0.336. The number of benzene rings is 1. The van der Waals surface area contributed by atoms with Crippen molar-refractivity contribution in [2.75, 3.05) is 23.8 Å². The maximum atomic E-state index is 6.16. The molecule has 0 atom stereocenters. The van der Waals surface area contributed by atoms with Crippen LogP contribution >= 0.6 is 23.2 Å². The lowest BCUT2D eigenvalue weighted by Crippen LogP contribution is -2.22. The number of aromatic nitrogens is 4. The van der Waals surface area contributed by atoms with Gasteiger partial charge in [-0.15, -0.1) is 5.10 Å². The van der Waals surface area contributed by atoms with Crippen molar-refractivity contribution in [1.82, 2.24) is 20.2 Å². The van der Waals surface area contributed by atoms with Gasteiger partial charge in [0.05, 0.1) is 21.9 Å². The molecule has 1 N–H and O–H groups in total. The second-order valence-electron chi connectivity index (χ2n) is 5.39. The van der Waals surface area contributed by atoms with Crippen molar-refractivity contribution in [3.63, 3.8) is 0 Å². The molecular weight excluding hydrogens is 359 g/mol. The van der Waals surface area contributed by atoms with Gasteiger partial charge in [-0.05, 0) is 36.2 Å². The monoisotopic (exact) mass is 374 g/mol. The molecule has 1 aromatic carbocycles. The average molecular weight is 375 g/mol. The minimum absolute atomic E-state index is 0.336. The van der Waals surface area contributed by atoms with E-state index in [1.165, 1.54) is 5.56 Å². The first-order valence-electron chi connectivity index (χ1n) is 7.64. The number of halogens is 2. The van der Waals surface area contributed by atoms with Crippen molar-refractivity contribution in [3.05, 3.63) is 64.5 Å². The maximum Gasteiger partial charge on any atom is 0.249 e. The van der Waals surface area contributed by atoms with Crippen molar-refractivity contribution in [2.45, 2.75) is 6.42 Å². The van der Waals surface area contributed by atoms with Gasteiger partial charge in [0.1, 0.15) is 0 Å². The zero-order valence-electron chi connectivity index (χ0n) is 13.5. The van der Waals surface area contributed by atoms with Crippen LogP contribution < -0.4 is 10.2 Å². The zero-order chi connectivity index (χ0) is 17.6. The first-order valence-corrected chi connectivity index (χ1v) is 8.40. The van der Waals surface area contributed by atoms with E-state index < -0.39 is 0 Å². The number of nitrogens with one attached hydrogen (secondary N) is 1. The van der Waals surface area contributed by atoms with Gasteiger partial charge < -0.3 is 10.2 Å². The van der Waals surface area contributed by atoms with Crippen LogP contribution in [0.3, 0.4) is 0 Å². The molecule has 128 valence electrons. The molecule has 0 spiro atoms. The number of anilines is 3. The van der Waals surface area contributed by atoms with Gasteiger partial charge >= 0.3 is 0 Å². The Labute approximate surface area is 155 Å². The predicted octanol–water partition coefficient (Wildman–Crippen LogP) is 4.00. The largest absolute Gasteiger partial charge is 0.358 e. The molecule has 0 fully saturated rings. The number of rotatable bonds is 6. The summed E-state index contributed by atoms with van der Waals surface area (Å²) in [6, 6.07) is 9.26. The van der Waals surface area contributed by atoms with Crippen LogP contribution in [-0.4, -0.2) is 33.8 Å². The lowest BCUT2D eigenvalue weighted by atomic mass is 10.2. The van der Waals surface area contributed by atoms with Crippen LogP contribution in [0.2, 0.25) is 10.0 Å². The number of hydrogen-bond acceptors (Lipinski definition) is 6. The summed E-state index contributed by atoms with van der Waals surface area (Å²) in [6.07, 6.45) is 6.07. The van der Waals surface area contributed by atoms with E-state index in [0.717, 1.165) is 13.0 Å².